The van der Waals surface area contributed by atoms with E-state index in [1.807, 2.05) is 6.07 Å². The minimum absolute atomic E-state index is 0.160. The average Bonchev–Trinajstić information content (AvgIpc) is 2.86. The SMILES string of the molecule is NCC1COC(=O)N(c2ccc3c(c2)OCO3)C1. The smallest absolute Gasteiger partial charge is 0.414 e. The number of rotatable bonds is 2. The monoisotopic (exact) mass is 250 g/mol. The van der Waals surface area contributed by atoms with E-state index in [2.05, 4.69) is 0 Å². The minimum Gasteiger partial charge on any atom is -0.454 e. The zero-order valence-corrected chi connectivity index (χ0v) is 9.80. The summed E-state index contributed by atoms with van der Waals surface area (Å²) in [5, 5.41) is 0. The predicted octanol–water partition coefficient (Wildman–Crippen LogP) is 0.947. The van der Waals surface area contributed by atoms with Crippen LogP contribution in [0.4, 0.5) is 10.5 Å². The number of benzene rings is 1. The molecule has 18 heavy (non-hydrogen) atoms. The Bertz CT molecular complexity index is 477. The van der Waals surface area contributed by atoms with Crippen molar-refractivity contribution >= 4 is 11.8 Å². The zero-order valence-electron chi connectivity index (χ0n) is 9.80. The third-order valence-corrected chi connectivity index (χ3v) is 3.10. The number of nitrogens with two attached hydrogens (primary N) is 1. The third-order valence-electron chi connectivity index (χ3n) is 3.10. The van der Waals surface area contributed by atoms with E-state index in [1.54, 1.807) is 17.0 Å². The van der Waals surface area contributed by atoms with Crippen molar-refractivity contribution in [3.8, 4) is 11.5 Å². The second kappa shape index (κ2) is 4.38. The van der Waals surface area contributed by atoms with Gasteiger partial charge in [-0.25, -0.2) is 4.79 Å². The summed E-state index contributed by atoms with van der Waals surface area (Å²) in [7, 11) is 0. The van der Waals surface area contributed by atoms with Crippen molar-refractivity contribution in [3.05, 3.63) is 18.2 Å². The summed E-state index contributed by atoms with van der Waals surface area (Å²) >= 11 is 0. The van der Waals surface area contributed by atoms with Crippen LogP contribution in [-0.4, -0.2) is 32.6 Å². The average molecular weight is 250 g/mol. The van der Waals surface area contributed by atoms with Crippen LogP contribution >= 0.6 is 0 Å². The van der Waals surface area contributed by atoms with E-state index in [0.29, 0.717) is 31.2 Å². The predicted molar refractivity (Wildman–Crippen MR) is 63.8 cm³/mol. The maximum Gasteiger partial charge on any atom is 0.414 e. The highest BCUT2D eigenvalue weighted by atomic mass is 16.7. The van der Waals surface area contributed by atoms with E-state index < -0.39 is 0 Å². The van der Waals surface area contributed by atoms with Crippen molar-refractivity contribution in [2.75, 3.05) is 31.4 Å². The summed E-state index contributed by atoms with van der Waals surface area (Å²) in [6.07, 6.45) is -0.349. The lowest BCUT2D eigenvalue weighted by atomic mass is 10.1. The van der Waals surface area contributed by atoms with Crippen LogP contribution in [0, 0.1) is 5.92 Å². The van der Waals surface area contributed by atoms with Gasteiger partial charge in [-0.05, 0) is 12.1 Å². The number of nitrogens with zero attached hydrogens (tertiary/aromatic N) is 1. The number of fused-ring (bicyclic) bond motifs is 1. The van der Waals surface area contributed by atoms with Gasteiger partial charge in [0.25, 0.3) is 0 Å². The first-order valence-electron chi connectivity index (χ1n) is 5.82. The highest BCUT2D eigenvalue weighted by Gasteiger charge is 2.28. The Hall–Kier alpha value is -1.95. The molecule has 1 unspecified atom stereocenters. The van der Waals surface area contributed by atoms with Crippen LogP contribution in [0.1, 0.15) is 0 Å². The molecule has 0 aromatic heterocycles. The number of amides is 1. The van der Waals surface area contributed by atoms with E-state index in [1.165, 1.54) is 0 Å². The van der Waals surface area contributed by atoms with Crippen molar-refractivity contribution in [2.45, 2.75) is 0 Å². The maximum absolute atomic E-state index is 11.7. The number of anilines is 1. The van der Waals surface area contributed by atoms with Gasteiger partial charge in [0.15, 0.2) is 11.5 Å². The molecule has 1 amide bonds. The molecule has 1 saturated heterocycles. The minimum atomic E-state index is -0.349. The fourth-order valence-corrected chi connectivity index (χ4v) is 2.06. The Morgan fingerprint density at radius 2 is 2.11 bits per heavy atom. The van der Waals surface area contributed by atoms with Gasteiger partial charge < -0.3 is 19.9 Å². The summed E-state index contributed by atoms with van der Waals surface area (Å²) in [4.78, 5) is 13.3. The molecule has 2 aliphatic heterocycles. The first-order chi connectivity index (χ1) is 8.78. The largest absolute Gasteiger partial charge is 0.454 e. The van der Waals surface area contributed by atoms with Gasteiger partial charge in [-0.3, -0.25) is 4.90 Å². The standard InChI is InChI=1S/C12H14N2O4/c13-4-8-5-14(12(15)16-6-8)9-1-2-10-11(3-9)18-7-17-10/h1-3,8H,4-7,13H2. The van der Waals surface area contributed by atoms with Crippen LogP contribution in [0.2, 0.25) is 0 Å². The highest BCUT2D eigenvalue weighted by Crippen LogP contribution is 2.36. The van der Waals surface area contributed by atoms with Gasteiger partial charge >= 0.3 is 6.09 Å². The lowest BCUT2D eigenvalue weighted by Crippen LogP contribution is -2.45. The van der Waals surface area contributed by atoms with Gasteiger partial charge in [-0.15, -0.1) is 0 Å². The van der Waals surface area contributed by atoms with Crippen LogP contribution in [-0.2, 0) is 4.74 Å². The molecule has 0 spiro atoms. The maximum atomic E-state index is 11.7. The van der Waals surface area contributed by atoms with Crippen LogP contribution < -0.4 is 20.1 Å². The number of hydrogen-bond donors (Lipinski definition) is 1. The molecule has 96 valence electrons. The topological polar surface area (TPSA) is 74.0 Å². The van der Waals surface area contributed by atoms with E-state index in [4.69, 9.17) is 19.9 Å². The van der Waals surface area contributed by atoms with Crippen LogP contribution in [0.3, 0.4) is 0 Å². The third kappa shape index (κ3) is 1.84. The van der Waals surface area contributed by atoms with Crippen LogP contribution in [0.5, 0.6) is 11.5 Å². The Morgan fingerprint density at radius 3 is 2.94 bits per heavy atom. The quantitative estimate of drug-likeness (QED) is 0.845. The van der Waals surface area contributed by atoms with E-state index >= 15 is 0 Å². The molecule has 1 aromatic carbocycles. The van der Waals surface area contributed by atoms with Crippen LogP contribution in [0.25, 0.3) is 0 Å². The Kier molecular flexibility index (Phi) is 2.71. The lowest BCUT2D eigenvalue weighted by Gasteiger charge is -2.31. The van der Waals surface area contributed by atoms with E-state index in [-0.39, 0.29) is 18.8 Å². The molecule has 2 heterocycles. The fraction of sp³-hybridized carbons (Fsp3) is 0.417. The Morgan fingerprint density at radius 1 is 1.28 bits per heavy atom. The number of carbonyl (C=O) groups is 1. The molecule has 2 aliphatic rings. The van der Waals surface area contributed by atoms with Crippen LogP contribution in [0.15, 0.2) is 18.2 Å². The molecule has 6 heteroatoms. The second-order valence-electron chi connectivity index (χ2n) is 4.33. The molecular formula is C12H14N2O4. The number of carbonyl (C=O) groups excluding carboxylic acids is 1. The molecule has 6 nitrogen and oxygen atoms in total. The highest BCUT2D eigenvalue weighted by molar-refractivity contribution is 5.88. The van der Waals surface area contributed by atoms with Gasteiger partial charge in [0, 0.05) is 25.1 Å². The first-order valence-corrected chi connectivity index (χ1v) is 5.82. The number of ether oxygens (including phenoxy) is 3. The van der Waals surface area contributed by atoms with Crippen molar-refractivity contribution in [1.29, 1.82) is 0 Å². The molecule has 3 rings (SSSR count). The molecular weight excluding hydrogens is 236 g/mol. The molecule has 1 fully saturated rings. The molecule has 2 N–H and O–H groups in total. The fourth-order valence-electron chi connectivity index (χ4n) is 2.06. The van der Waals surface area contributed by atoms with Crippen molar-refractivity contribution in [2.24, 2.45) is 11.7 Å². The summed E-state index contributed by atoms with van der Waals surface area (Å²) in [5.41, 5.74) is 6.35. The van der Waals surface area contributed by atoms with E-state index in [9.17, 15) is 4.79 Å². The van der Waals surface area contributed by atoms with Gasteiger partial charge in [0.1, 0.15) is 0 Å². The van der Waals surface area contributed by atoms with Crippen molar-refractivity contribution < 1.29 is 19.0 Å². The van der Waals surface area contributed by atoms with Gasteiger partial charge in [0.2, 0.25) is 6.79 Å². The number of cyclic esters (lactones) is 1. The first kappa shape index (κ1) is 11.2. The zero-order chi connectivity index (χ0) is 12.5. The Labute approximate surface area is 104 Å². The summed E-state index contributed by atoms with van der Waals surface area (Å²) in [5.74, 6) is 1.50. The molecule has 0 saturated carbocycles. The van der Waals surface area contributed by atoms with Gasteiger partial charge in [-0.1, -0.05) is 0 Å². The van der Waals surface area contributed by atoms with Gasteiger partial charge in [-0.2, -0.15) is 0 Å². The van der Waals surface area contributed by atoms with Crippen molar-refractivity contribution in [1.82, 2.24) is 0 Å². The molecule has 1 aromatic rings. The summed E-state index contributed by atoms with van der Waals surface area (Å²) in [6, 6.07) is 5.38. The molecule has 0 aliphatic carbocycles. The molecule has 1 atom stereocenters. The second-order valence-corrected chi connectivity index (χ2v) is 4.33. The number of hydrogen-bond acceptors (Lipinski definition) is 5. The van der Waals surface area contributed by atoms with Crippen molar-refractivity contribution in [3.63, 3.8) is 0 Å². The normalized spacial score (nSPS) is 21.9. The van der Waals surface area contributed by atoms with Gasteiger partial charge in [0.05, 0.1) is 12.3 Å². The Balaban J connectivity index is 1.86. The lowest BCUT2D eigenvalue weighted by molar-refractivity contribution is 0.117. The summed E-state index contributed by atoms with van der Waals surface area (Å²) in [6.45, 7) is 1.66. The summed E-state index contributed by atoms with van der Waals surface area (Å²) < 4.78 is 15.6. The molecule has 0 bridgehead atoms. The molecule has 0 radical (unpaired) electrons. The van der Waals surface area contributed by atoms with E-state index in [0.717, 1.165) is 5.69 Å².